The van der Waals surface area contributed by atoms with Gasteiger partial charge in [0.25, 0.3) is 0 Å². The summed E-state index contributed by atoms with van der Waals surface area (Å²) < 4.78 is 87.3. The molecule has 0 amide bonds. The van der Waals surface area contributed by atoms with E-state index in [9.17, 15) is 43.9 Å². The Morgan fingerprint density at radius 2 is 0.464 bits per heavy atom. The van der Waals surface area contributed by atoms with Crippen LogP contribution in [-0.4, -0.2) is 175 Å². The Morgan fingerprint density at radius 3 is 0.567 bits per heavy atom. The van der Waals surface area contributed by atoms with Crippen LogP contribution in [0.15, 0.2) is 0 Å². The van der Waals surface area contributed by atoms with Gasteiger partial charge in [-0.15, -0.1) is 0 Å². The molecule has 3 N–H and O–H groups in total. The van der Waals surface area contributed by atoms with Crippen molar-refractivity contribution in [2.45, 2.75) is 373 Å². The van der Waals surface area contributed by atoms with Gasteiger partial charge in [-0.25, -0.2) is 33.7 Å². The number of nitrogens with zero attached hydrogens (tertiary/aromatic N) is 5. The van der Waals surface area contributed by atoms with Crippen molar-refractivity contribution >= 4 is 56.0 Å². The topological polar surface area (TPSA) is 229 Å². The third kappa shape index (κ3) is 148. The third-order valence-electron chi connectivity index (χ3n) is 15.3. The van der Waals surface area contributed by atoms with E-state index in [0.29, 0.717) is 31.6 Å². The maximum absolute atomic E-state index is 10.1. The van der Waals surface area contributed by atoms with Crippen LogP contribution in [-0.2, 0) is 40.1 Å². The van der Waals surface area contributed by atoms with Crippen molar-refractivity contribution in [3.63, 3.8) is 0 Å². The quantitative estimate of drug-likeness (QED) is 0.0170. The molecule has 0 bridgehead atoms. The average Bonchev–Trinajstić information content (AvgIpc) is 2.77. The van der Waals surface area contributed by atoms with Crippen LogP contribution >= 0.6 is 15.9 Å². The molecular weight excluding hydrogens is 1430 g/mol. The number of aliphatic hydroxyl groups is 3. The third-order valence-corrected chi connectivity index (χ3v) is 20.2. The minimum Gasteiger partial charge on any atom is -1.00 e. The van der Waals surface area contributed by atoms with Crippen molar-refractivity contribution < 1.29 is 93.8 Å². The number of halogens is 2. The molecule has 0 saturated carbocycles. The number of hydrogen-bond donors (Lipinski definition) is 3. The summed E-state index contributed by atoms with van der Waals surface area (Å²) in [5.41, 5.74) is 0. The smallest absolute Gasteiger partial charge is 1.00 e. The largest absolute Gasteiger partial charge is 1.00 e. The number of quaternary nitrogens is 2. The van der Waals surface area contributed by atoms with Gasteiger partial charge in [0, 0.05) is 37.0 Å². The van der Waals surface area contributed by atoms with Crippen LogP contribution in [0.3, 0.4) is 0 Å². The molecule has 0 aromatic rings. The number of sulfonamides is 4. The zero-order valence-corrected chi connectivity index (χ0v) is 69.3. The molecular formula is C74H174Br2LiN5O11S4. The van der Waals surface area contributed by atoms with Gasteiger partial charge in [-0.05, 0) is 59.2 Å². The van der Waals surface area contributed by atoms with Crippen molar-refractivity contribution in [1.82, 2.24) is 4.90 Å². The van der Waals surface area contributed by atoms with Crippen LogP contribution in [0.5, 0.6) is 0 Å². The fourth-order valence-electron chi connectivity index (χ4n) is 9.85. The Morgan fingerprint density at radius 1 is 0.309 bits per heavy atom. The predicted octanol–water partition coefficient (Wildman–Crippen LogP) is 15.9. The first-order valence-electron chi connectivity index (χ1n) is 36.3. The molecule has 0 aliphatic carbocycles. The Labute approximate surface area is 642 Å². The number of alkyl halides is 1. The van der Waals surface area contributed by atoms with Gasteiger partial charge in [0.05, 0.1) is 81.4 Å². The SMILES string of the molecule is C.C.C.C.C.CCCCCCCCCCCCCCCCCCN(C)C.CCCCCCCCCCCCCCCCCC[N+](C)(C)CO.CCCCCCCCCCCCCCCCCC[N+](C)(C)CO.CS(=O)(=O)[N-]S(C)(=O)=O.CS(=O)(=O)[N-]S(C)(=O)=O.OCCCBr.[Br-].[Li+]. The number of unbranched alkanes of at least 4 members (excludes halogenated alkanes) is 45. The van der Waals surface area contributed by atoms with Crippen LogP contribution < -0.4 is 35.8 Å². The van der Waals surface area contributed by atoms with Crippen LogP contribution in [0.4, 0.5) is 0 Å². The van der Waals surface area contributed by atoms with Crippen molar-refractivity contribution in [3.05, 3.63) is 8.25 Å². The Kier molecular flexibility index (Phi) is 123. The average molecular weight is 1610 g/mol. The second-order valence-electron chi connectivity index (χ2n) is 27.2. The molecule has 0 aliphatic rings. The van der Waals surface area contributed by atoms with Crippen molar-refractivity contribution in [2.75, 3.05) is 112 Å². The van der Waals surface area contributed by atoms with Gasteiger partial charge in [-0.3, -0.25) is 0 Å². The van der Waals surface area contributed by atoms with E-state index in [1.165, 1.54) is 315 Å². The van der Waals surface area contributed by atoms with E-state index in [4.69, 9.17) is 5.11 Å². The van der Waals surface area contributed by atoms with E-state index in [1.54, 1.807) is 0 Å². The first-order valence-corrected chi connectivity index (χ1v) is 44.8. The molecule has 0 radical (unpaired) electrons. The summed E-state index contributed by atoms with van der Waals surface area (Å²) in [6.07, 6.45) is 72.4. The molecule has 0 spiro atoms. The molecule has 600 valence electrons. The van der Waals surface area contributed by atoms with E-state index in [-0.39, 0.29) is 86.4 Å². The van der Waals surface area contributed by atoms with Gasteiger partial charge < -0.3 is 54.4 Å². The maximum atomic E-state index is 10.1. The molecule has 0 unspecified atom stereocenters. The van der Waals surface area contributed by atoms with E-state index in [1.807, 2.05) is 0 Å². The van der Waals surface area contributed by atoms with Gasteiger partial charge in [-0.1, -0.05) is 350 Å². The first kappa shape index (κ1) is 128. The zero-order chi connectivity index (χ0) is 69.6. The summed E-state index contributed by atoms with van der Waals surface area (Å²) >= 11 is 3.15. The fraction of sp³-hybridized carbons (Fsp3) is 1.00. The number of rotatable bonds is 59. The second-order valence-corrected chi connectivity index (χ2v) is 35.0. The monoisotopic (exact) mass is 1600 g/mol. The molecule has 0 aromatic heterocycles. The standard InChI is InChI=1S/2C21H46NO.C20H43N.C3H7BrO.2C2H6NO4S2.5CH4.BrH.Li/c2*1-4-5-6-7-8-9-10-11-12-13-14-15-16-17-18-19-20-22(2,3)21-23;1-4-5-6-7-8-9-10-11-12-13-14-15-16-17-18-19-20-21(2)3;4-2-1-3-5;2*1-8(4,5)3-9(2,6)7;;;;;;;/h2*23H,4-21H2,1-3H3;4-20H2,1-3H3;5H,1-3H2;2*1-2H3;5*1H4;1H;/q2*+1;;;2*-1;;;;;;;+1/p-1. The molecule has 16 nitrogen and oxygen atoms in total. The Balaban J connectivity index is -0.0000000827. The molecule has 0 rings (SSSR count). The molecule has 0 fully saturated rings. The van der Waals surface area contributed by atoms with Crippen LogP contribution in [0.2, 0.25) is 0 Å². The normalized spacial score (nSPS) is 11.1. The molecule has 0 heterocycles. The zero-order valence-electron chi connectivity index (χ0n) is 62.8. The molecule has 23 heteroatoms. The molecule has 0 saturated heterocycles. The van der Waals surface area contributed by atoms with Crippen molar-refractivity contribution in [3.8, 4) is 0 Å². The van der Waals surface area contributed by atoms with Gasteiger partial charge in [0.15, 0.2) is 13.5 Å². The predicted molar refractivity (Wildman–Crippen MR) is 431 cm³/mol. The molecule has 0 atom stereocenters. The second kappa shape index (κ2) is 93.1. The summed E-state index contributed by atoms with van der Waals surface area (Å²) in [7, 11) is -2.23. The van der Waals surface area contributed by atoms with E-state index in [0.717, 1.165) is 33.8 Å². The van der Waals surface area contributed by atoms with Gasteiger partial charge >= 0.3 is 18.9 Å². The summed E-state index contributed by atoms with van der Waals surface area (Å²) in [6, 6.07) is 0. The Bertz CT molecular complexity index is 1710. The van der Waals surface area contributed by atoms with Crippen LogP contribution in [0, 0.1) is 0 Å². The summed E-state index contributed by atoms with van der Waals surface area (Å²) in [5, 5.41) is 27.3. The first-order chi connectivity index (χ1) is 42.3. The number of aliphatic hydroxyl groups excluding tert-OH is 3. The van der Waals surface area contributed by atoms with Crippen molar-refractivity contribution in [2.24, 2.45) is 0 Å². The van der Waals surface area contributed by atoms with Crippen molar-refractivity contribution in [1.29, 1.82) is 0 Å². The van der Waals surface area contributed by atoms with E-state index >= 15 is 0 Å². The molecule has 0 aromatic carbocycles. The summed E-state index contributed by atoms with van der Waals surface area (Å²) in [6.45, 7) is 11.2. The van der Waals surface area contributed by atoms with Gasteiger partial charge in [0.2, 0.25) is 0 Å². The van der Waals surface area contributed by atoms with Gasteiger partial charge in [-0.2, -0.15) is 0 Å². The minimum atomic E-state index is -3.74. The van der Waals surface area contributed by atoms with E-state index < -0.39 is 40.1 Å². The maximum Gasteiger partial charge on any atom is 1.00 e. The summed E-state index contributed by atoms with van der Waals surface area (Å²) in [5.74, 6) is 0. The van der Waals surface area contributed by atoms with Crippen LogP contribution in [0.25, 0.3) is 8.25 Å². The molecule has 0 aliphatic heterocycles. The Hall–Kier alpha value is 1.04. The van der Waals surface area contributed by atoms with Crippen LogP contribution in [0.1, 0.15) is 373 Å². The summed E-state index contributed by atoms with van der Waals surface area (Å²) in [4.78, 5) is 2.30. The minimum absolute atomic E-state index is 0. The fourth-order valence-corrected chi connectivity index (χ4v) is 14.0. The number of hydrogen-bond acceptors (Lipinski definition) is 12. The van der Waals surface area contributed by atoms with Gasteiger partial charge in [0.1, 0.15) is 0 Å². The van der Waals surface area contributed by atoms with E-state index in [2.05, 4.69) is 92.1 Å². The molecule has 97 heavy (non-hydrogen) atoms.